The van der Waals surface area contributed by atoms with Gasteiger partial charge in [0.05, 0.1) is 0 Å². The second-order valence-electron chi connectivity index (χ2n) is 4.06. The number of carboxylic acid groups (broad SMARTS) is 1. The molecule has 0 aliphatic heterocycles. The number of alkyl halides is 1. The summed E-state index contributed by atoms with van der Waals surface area (Å²) >= 11 is -0.548. The SMILES string of the molecule is C=C=C(CCN)c1ccc(CC(I=C)C(=O)O)cc1. The van der Waals surface area contributed by atoms with Gasteiger partial charge in [0, 0.05) is 5.57 Å². The molecule has 3 N–H and O–H groups in total. The van der Waals surface area contributed by atoms with Gasteiger partial charge < -0.3 is 10.8 Å². The zero-order valence-corrected chi connectivity index (χ0v) is 12.9. The first kappa shape index (κ1) is 15.8. The van der Waals surface area contributed by atoms with Crippen LogP contribution < -0.4 is 5.73 Å². The Kier molecular flexibility index (Phi) is 6.70. The fourth-order valence-electron chi connectivity index (χ4n) is 1.74. The van der Waals surface area contributed by atoms with E-state index >= 15 is 0 Å². The second-order valence-corrected chi connectivity index (χ2v) is 6.44. The predicted molar refractivity (Wildman–Crippen MR) is 88.9 cm³/mol. The highest BCUT2D eigenvalue weighted by Crippen LogP contribution is 2.19. The Hall–Kier alpha value is -1.23. The smallest absolute Gasteiger partial charge is 0.316 e. The van der Waals surface area contributed by atoms with Gasteiger partial charge in [-0.3, -0.25) is 4.79 Å². The minimum atomic E-state index is -0.748. The molecule has 0 saturated carbocycles. The maximum atomic E-state index is 11.0. The Morgan fingerprint density at radius 3 is 2.47 bits per heavy atom. The van der Waals surface area contributed by atoms with E-state index in [1.54, 1.807) is 0 Å². The first-order valence-corrected chi connectivity index (χ1v) is 8.67. The molecule has 0 aliphatic rings. The second kappa shape index (κ2) is 8.04. The van der Waals surface area contributed by atoms with Crippen LogP contribution in [0.2, 0.25) is 0 Å². The van der Waals surface area contributed by atoms with Crippen LogP contribution >= 0.6 is 20.7 Å². The first-order chi connectivity index (χ1) is 9.12. The van der Waals surface area contributed by atoms with Crippen LogP contribution in [0.5, 0.6) is 0 Å². The molecule has 1 aromatic carbocycles. The van der Waals surface area contributed by atoms with E-state index in [-0.39, 0.29) is 3.92 Å². The molecule has 0 aromatic heterocycles. The molecule has 1 rings (SSSR count). The Morgan fingerprint density at radius 2 is 2.05 bits per heavy atom. The van der Waals surface area contributed by atoms with Crippen LogP contribution in [0.25, 0.3) is 5.57 Å². The van der Waals surface area contributed by atoms with Gasteiger partial charge in [-0.15, -0.1) is 26.5 Å². The summed E-state index contributed by atoms with van der Waals surface area (Å²) in [5.41, 5.74) is 11.5. The van der Waals surface area contributed by atoms with Crippen LogP contribution in [0.3, 0.4) is 0 Å². The summed E-state index contributed by atoms with van der Waals surface area (Å²) in [7, 11) is 0. The normalized spacial score (nSPS) is 11.6. The Bertz CT molecular complexity index is 501. The van der Waals surface area contributed by atoms with E-state index in [2.05, 4.69) is 16.8 Å². The molecule has 0 heterocycles. The third kappa shape index (κ3) is 4.74. The van der Waals surface area contributed by atoms with Crippen LogP contribution in [-0.4, -0.2) is 26.1 Å². The monoisotopic (exact) mass is 371 g/mol. The fraction of sp³-hybridized carbons (Fsp3) is 0.267. The maximum absolute atomic E-state index is 11.0. The summed E-state index contributed by atoms with van der Waals surface area (Å²) < 4.78 is 3.46. The van der Waals surface area contributed by atoms with E-state index in [4.69, 9.17) is 10.8 Å². The summed E-state index contributed by atoms with van der Waals surface area (Å²) in [6, 6.07) is 7.86. The molecule has 19 heavy (non-hydrogen) atoms. The van der Waals surface area contributed by atoms with E-state index in [0.717, 1.165) is 23.1 Å². The molecular weight excluding hydrogens is 353 g/mol. The summed E-state index contributed by atoms with van der Waals surface area (Å²) in [5.74, 6) is -0.748. The number of carbonyl (C=O) groups is 1. The summed E-state index contributed by atoms with van der Waals surface area (Å²) in [6.45, 7) is 4.23. The third-order valence-electron chi connectivity index (χ3n) is 2.78. The molecule has 0 radical (unpaired) electrons. The summed E-state index contributed by atoms with van der Waals surface area (Å²) in [5, 5.41) is 9.04. The largest absolute Gasteiger partial charge is 0.480 e. The van der Waals surface area contributed by atoms with Crippen molar-refractivity contribution in [1.82, 2.24) is 0 Å². The van der Waals surface area contributed by atoms with Gasteiger partial charge in [-0.2, -0.15) is 0 Å². The molecule has 1 atom stereocenters. The lowest BCUT2D eigenvalue weighted by molar-refractivity contribution is -0.135. The van der Waals surface area contributed by atoms with Crippen LogP contribution in [0.15, 0.2) is 36.6 Å². The first-order valence-electron chi connectivity index (χ1n) is 5.90. The van der Waals surface area contributed by atoms with Crippen LogP contribution in [0.1, 0.15) is 17.5 Å². The topological polar surface area (TPSA) is 63.3 Å². The Labute approximate surface area is 123 Å². The molecule has 0 spiro atoms. The van der Waals surface area contributed by atoms with Gasteiger partial charge in [-0.1, -0.05) is 35.4 Å². The molecule has 1 aromatic rings. The van der Waals surface area contributed by atoms with Gasteiger partial charge in [0.15, 0.2) is 0 Å². The van der Waals surface area contributed by atoms with Crippen LogP contribution in [0, 0.1) is 0 Å². The number of halogens is 1. The molecule has 102 valence electrons. The average Bonchev–Trinajstić information content (AvgIpc) is 2.42. The van der Waals surface area contributed by atoms with Crippen molar-refractivity contribution in [2.45, 2.75) is 16.8 Å². The number of benzene rings is 1. The third-order valence-corrected chi connectivity index (χ3v) is 4.82. The van der Waals surface area contributed by atoms with Crippen LogP contribution in [-0.2, 0) is 11.2 Å². The predicted octanol–water partition coefficient (Wildman–Crippen LogP) is 2.60. The molecule has 1 unspecified atom stereocenters. The van der Waals surface area contributed by atoms with Gasteiger partial charge >= 0.3 is 5.97 Å². The minimum Gasteiger partial charge on any atom is -0.480 e. The molecule has 0 saturated heterocycles. The zero-order chi connectivity index (χ0) is 14.3. The van der Waals surface area contributed by atoms with Crippen molar-refractivity contribution >= 4 is 36.8 Å². The molecule has 4 heteroatoms. The number of carboxylic acids is 1. The van der Waals surface area contributed by atoms with Gasteiger partial charge in [0.1, 0.15) is 3.92 Å². The van der Waals surface area contributed by atoms with E-state index in [0.29, 0.717) is 13.0 Å². The van der Waals surface area contributed by atoms with Crippen molar-refractivity contribution in [2.24, 2.45) is 5.73 Å². The summed E-state index contributed by atoms with van der Waals surface area (Å²) in [4.78, 5) is 11.0. The maximum Gasteiger partial charge on any atom is 0.316 e. The number of hydrogen-bond donors (Lipinski definition) is 2. The average molecular weight is 371 g/mol. The summed E-state index contributed by atoms with van der Waals surface area (Å²) in [6.07, 6.45) is 1.29. The van der Waals surface area contributed by atoms with Crippen molar-refractivity contribution in [2.75, 3.05) is 6.54 Å². The van der Waals surface area contributed by atoms with Crippen molar-refractivity contribution in [3.8, 4) is 0 Å². The Morgan fingerprint density at radius 1 is 1.42 bits per heavy atom. The Balaban J connectivity index is 2.84. The van der Waals surface area contributed by atoms with Gasteiger partial charge in [0.2, 0.25) is 0 Å². The highest BCUT2D eigenvalue weighted by molar-refractivity contribution is 14.2. The molecule has 3 nitrogen and oxygen atoms in total. The van der Waals surface area contributed by atoms with Crippen molar-refractivity contribution in [3.05, 3.63) is 47.7 Å². The lowest BCUT2D eigenvalue weighted by Crippen LogP contribution is -2.16. The van der Waals surface area contributed by atoms with Crippen molar-refractivity contribution < 1.29 is 9.90 Å². The molecule has 0 aliphatic carbocycles. The van der Waals surface area contributed by atoms with Gasteiger partial charge in [-0.05, 0) is 30.5 Å². The zero-order valence-electron chi connectivity index (χ0n) is 10.7. The lowest BCUT2D eigenvalue weighted by Gasteiger charge is -2.08. The molecule has 0 bridgehead atoms. The fourth-order valence-corrected chi connectivity index (χ4v) is 2.93. The number of aliphatic carboxylic acids is 1. The van der Waals surface area contributed by atoms with Crippen LogP contribution in [0.4, 0.5) is 0 Å². The number of nitrogens with two attached hydrogens (primary N) is 1. The highest BCUT2D eigenvalue weighted by atomic mass is 127. The number of rotatable bonds is 7. The quantitative estimate of drug-likeness (QED) is 0.440. The van der Waals surface area contributed by atoms with E-state index in [9.17, 15) is 4.79 Å². The van der Waals surface area contributed by atoms with Gasteiger partial charge in [0.25, 0.3) is 0 Å². The number of hydrogen-bond acceptors (Lipinski definition) is 2. The minimum absolute atomic E-state index is 0.317. The lowest BCUT2D eigenvalue weighted by atomic mass is 10.0. The standard InChI is InChI=1S/C15H18INO2/c1-3-12(8-9-17)13-6-4-11(5-7-13)10-14(16-2)15(18)19/h4-7,14H,1-2,8-10,17H2,(H,18,19). The molecule has 0 fully saturated rings. The molecular formula is C15H18INO2. The van der Waals surface area contributed by atoms with Gasteiger partial charge in [-0.25, -0.2) is 0 Å². The van der Waals surface area contributed by atoms with E-state index < -0.39 is 26.7 Å². The van der Waals surface area contributed by atoms with Crippen molar-refractivity contribution in [1.29, 1.82) is 0 Å². The van der Waals surface area contributed by atoms with E-state index in [1.807, 2.05) is 24.3 Å². The highest BCUT2D eigenvalue weighted by Gasteiger charge is 2.14. The van der Waals surface area contributed by atoms with E-state index in [1.165, 1.54) is 0 Å². The van der Waals surface area contributed by atoms with Crippen molar-refractivity contribution in [3.63, 3.8) is 0 Å². The molecule has 0 amide bonds.